The second-order valence-electron chi connectivity index (χ2n) is 3.39. The second kappa shape index (κ2) is 4.85. The van der Waals surface area contributed by atoms with Crippen LogP contribution in [0.15, 0.2) is 36.5 Å². The topological polar surface area (TPSA) is 54.9 Å². The molecule has 1 amide bonds. The van der Waals surface area contributed by atoms with E-state index in [2.05, 4.69) is 14.9 Å². The van der Waals surface area contributed by atoms with Gasteiger partial charge >= 0.3 is 0 Å². The van der Waals surface area contributed by atoms with E-state index in [1.807, 2.05) is 37.3 Å². The summed E-state index contributed by atoms with van der Waals surface area (Å²) in [6.07, 6.45) is 1.47. The molecule has 1 heterocycles. The van der Waals surface area contributed by atoms with Gasteiger partial charge in [0.2, 0.25) is 0 Å². The summed E-state index contributed by atoms with van der Waals surface area (Å²) in [5, 5.41) is 6.52. The third-order valence-electron chi connectivity index (χ3n) is 2.23. The highest BCUT2D eigenvalue weighted by Crippen LogP contribution is 2.12. The maximum absolute atomic E-state index is 11.7. The minimum Gasteiger partial charge on any atom is -0.345 e. The highest BCUT2D eigenvalue weighted by Gasteiger charge is 2.12. The lowest BCUT2D eigenvalue weighted by Gasteiger charge is -2.12. The smallest absolute Gasteiger partial charge is 0.265 e. The first-order valence-electron chi connectivity index (χ1n) is 4.90. The first kappa shape index (κ1) is 10.8. The van der Waals surface area contributed by atoms with Gasteiger partial charge in [-0.25, -0.2) is 0 Å². The summed E-state index contributed by atoms with van der Waals surface area (Å²) in [4.78, 5) is 12.2. The fraction of sp³-hybridized carbons (Fsp3) is 0.182. The second-order valence-corrected chi connectivity index (χ2v) is 4.17. The van der Waals surface area contributed by atoms with E-state index < -0.39 is 0 Å². The summed E-state index contributed by atoms with van der Waals surface area (Å²) in [6, 6.07) is 9.80. The van der Waals surface area contributed by atoms with Crippen LogP contribution in [-0.2, 0) is 0 Å². The third kappa shape index (κ3) is 2.43. The normalized spacial score (nSPS) is 12.1. The van der Waals surface area contributed by atoms with Crippen LogP contribution in [0.4, 0.5) is 0 Å². The number of benzene rings is 1. The molecule has 4 nitrogen and oxygen atoms in total. The Bertz CT molecular complexity index is 455. The van der Waals surface area contributed by atoms with Crippen molar-refractivity contribution in [2.24, 2.45) is 0 Å². The van der Waals surface area contributed by atoms with Gasteiger partial charge in [0.1, 0.15) is 4.88 Å². The molecule has 0 radical (unpaired) electrons. The number of carbonyl (C=O) groups excluding carboxylic acids is 1. The van der Waals surface area contributed by atoms with Crippen LogP contribution in [0.5, 0.6) is 0 Å². The molecular formula is C11H11N3OS. The van der Waals surface area contributed by atoms with Crippen molar-refractivity contribution < 1.29 is 4.79 Å². The van der Waals surface area contributed by atoms with Gasteiger partial charge < -0.3 is 5.32 Å². The highest BCUT2D eigenvalue weighted by molar-refractivity contribution is 7.07. The lowest BCUT2D eigenvalue weighted by atomic mass is 10.1. The lowest BCUT2D eigenvalue weighted by molar-refractivity contribution is 0.0944. The molecule has 0 unspecified atom stereocenters. The number of rotatable bonds is 3. The van der Waals surface area contributed by atoms with Crippen LogP contribution in [0.3, 0.4) is 0 Å². The van der Waals surface area contributed by atoms with Crippen molar-refractivity contribution >= 4 is 17.4 Å². The molecule has 0 aliphatic carbocycles. The fourth-order valence-corrected chi connectivity index (χ4v) is 1.78. The Kier molecular flexibility index (Phi) is 3.26. The van der Waals surface area contributed by atoms with Gasteiger partial charge in [-0.3, -0.25) is 4.79 Å². The average Bonchev–Trinajstić information content (AvgIpc) is 2.83. The quantitative estimate of drug-likeness (QED) is 0.882. The molecule has 0 fully saturated rings. The molecule has 2 rings (SSSR count). The summed E-state index contributed by atoms with van der Waals surface area (Å²) < 4.78 is 3.65. The van der Waals surface area contributed by atoms with E-state index >= 15 is 0 Å². The Morgan fingerprint density at radius 1 is 1.38 bits per heavy atom. The van der Waals surface area contributed by atoms with Gasteiger partial charge in [-0.15, -0.1) is 5.10 Å². The summed E-state index contributed by atoms with van der Waals surface area (Å²) >= 11 is 1.10. The van der Waals surface area contributed by atoms with Crippen LogP contribution in [0.2, 0.25) is 0 Å². The Morgan fingerprint density at radius 2 is 2.12 bits per heavy atom. The van der Waals surface area contributed by atoms with E-state index in [1.165, 1.54) is 6.20 Å². The highest BCUT2D eigenvalue weighted by atomic mass is 32.1. The van der Waals surface area contributed by atoms with Gasteiger partial charge in [0, 0.05) is 0 Å². The standard InChI is InChI=1S/C11H11N3OS/c1-8(9-5-3-2-4-6-9)13-11(15)10-7-12-14-16-10/h2-8H,1H3,(H,13,15)/t8-/m1/s1. The maximum Gasteiger partial charge on any atom is 0.265 e. The summed E-state index contributed by atoms with van der Waals surface area (Å²) in [6.45, 7) is 1.95. The van der Waals surface area contributed by atoms with E-state index in [0.29, 0.717) is 4.88 Å². The van der Waals surface area contributed by atoms with E-state index in [-0.39, 0.29) is 11.9 Å². The number of nitrogens with zero attached hydrogens (tertiary/aromatic N) is 2. The molecule has 5 heteroatoms. The van der Waals surface area contributed by atoms with Crippen LogP contribution in [-0.4, -0.2) is 15.5 Å². The molecule has 82 valence electrons. The summed E-state index contributed by atoms with van der Waals surface area (Å²) in [5.41, 5.74) is 1.08. The lowest BCUT2D eigenvalue weighted by Crippen LogP contribution is -2.25. The van der Waals surface area contributed by atoms with Crippen molar-refractivity contribution in [3.05, 3.63) is 47.0 Å². The number of hydrogen-bond donors (Lipinski definition) is 1. The van der Waals surface area contributed by atoms with Gasteiger partial charge in [0.25, 0.3) is 5.91 Å². The van der Waals surface area contributed by atoms with Crippen molar-refractivity contribution in [3.63, 3.8) is 0 Å². The molecular weight excluding hydrogens is 222 g/mol. The van der Waals surface area contributed by atoms with Crippen LogP contribution in [0.25, 0.3) is 0 Å². The van der Waals surface area contributed by atoms with Crippen molar-refractivity contribution in [2.45, 2.75) is 13.0 Å². The summed E-state index contributed by atoms with van der Waals surface area (Å²) in [5.74, 6) is -0.133. The monoisotopic (exact) mass is 233 g/mol. The average molecular weight is 233 g/mol. The van der Waals surface area contributed by atoms with Crippen LogP contribution in [0.1, 0.15) is 28.2 Å². The Balaban J connectivity index is 2.03. The Morgan fingerprint density at radius 3 is 2.75 bits per heavy atom. The third-order valence-corrected chi connectivity index (χ3v) is 2.90. The number of hydrogen-bond acceptors (Lipinski definition) is 4. The molecule has 0 aliphatic rings. The molecule has 1 N–H and O–H groups in total. The zero-order valence-corrected chi connectivity index (χ0v) is 9.57. The predicted octanol–water partition coefficient (Wildman–Crippen LogP) is 2.03. The first-order chi connectivity index (χ1) is 7.77. The number of nitrogens with one attached hydrogen (secondary N) is 1. The molecule has 2 aromatic rings. The molecule has 1 aromatic carbocycles. The molecule has 0 aliphatic heterocycles. The Labute approximate surface area is 97.5 Å². The molecule has 1 aromatic heterocycles. The predicted molar refractivity (Wildman–Crippen MR) is 62.2 cm³/mol. The molecule has 16 heavy (non-hydrogen) atoms. The van der Waals surface area contributed by atoms with Gasteiger partial charge in [-0.1, -0.05) is 34.8 Å². The fourth-order valence-electron chi connectivity index (χ4n) is 1.36. The Hall–Kier alpha value is -1.75. The molecule has 0 bridgehead atoms. The van der Waals surface area contributed by atoms with E-state index in [0.717, 1.165) is 17.1 Å². The van der Waals surface area contributed by atoms with Gasteiger partial charge in [-0.2, -0.15) is 0 Å². The zero-order chi connectivity index (χ0) is 11.4. The van der Waals surface area contributed by atoms with E-state index in [4.69, 9.17) is 0 Å². The molecule has 0 saturated carbocycles. The van der Waals surface area contributed by atoms with Gasteiger partial charge in [0.05, 0.1) is 12.2 Å². The minimum absolute atomic E-state index is 0.0178. The van der Waals surface area contributed by atoms with Crippen LogP contribution < -0.4 is 5.32 Å². The van der Waals surface area contributed by atoms with Crippen LogP contribution >= 0.6 is 11.5 Å². The van der Waals surface area contributed by atoms with Crippen molar-refractivity contribution in [1.29, 1.82) is 0 Å². The number of amides is 1. The van der Waals surface area contributed by atoms with Crippen molar-refractivity contribution in [1.82, 2.24) is 14.9 Å². The first-order valence-corrected chi connectivity index (χ1v) is 5.68. The van der Waals surface area contributed by atoms with Crippen LogP contribution in [0, 0.1) is 0 Å². The van der Waals surface area contributed by atoms with Gasteiger partial charge in [0.15, 0.2) is 0 Å². The number of aromatic nitrogens is 2. The molecule has 1 atom stereocenters. The minimum atomic E-state index is -0.133. The largest absolute Gasteiger partial charge is 0.345 e. The number of carbonyl (C=O) groups is 1. The molecule has 0 spiro atoms. The van der Waals surface area contributed by atoms with E-state index in [9.17, 15) is 4.79 Å². The van der Waals surface area contributed by atoms with Crippen molar-refractivity contribution in [3.8, 4) is 0 Å². The SMILES string of the molecule is C[C@@H](NC(=O)c1cnns1)c1ccccc1. The van der Waals surface area contributed by atoms with Crippen molar-refractivity contribution in [2.75, 3.05) is 0 Å². The summed E-state index contributed by atoms with van der Waals surface area (Å²) in [7, 11) is 0. The van der Waals surface area contributed by atoms with Gasteiger partial charge in [-0.05, 0) is 24.0 Å². The maximum atomic E-state index is 11.7. The van der Waals surface area contributed by atoms with E-state index in [1.54, 1.807) is 0 Å². The molecule has 0 saturated heterocycles. The zero-order valence-electron chi connectivity index (χ0n) is 8.75.